The molecule has 144 valence electrons. The van der Waals surface area contributed by atoms with Gasteiger partial charge in [0.05, 0.1) is 5.69 Å². The van der Waals surface area contributed by atoms with Crippen LogP contribution < -0.4 is 10.6 Å². The van der Waals surface area contributed by atoms with Gasteiger partial charge in [-0.3, -0.25) is 4.79 Å². The van der Waals surface area contributed by atoms with Crippen LogP contribution in [-0.4, -0.2) is 48.1 Å². The Balaban J connectivity index is 1.49. The summed E-state index contributed by atoms with van der Waals surface area (Å²) in [6, 6.07) is 13.1. The molecule has 1 saturated heterocycles. The normalized spacial score (nSPS) is 16.2. The maximum atomic E-state index is 15.1. The number of hydrogen-bond donors (Lipinski definition) is 2. The third-order valence-electron chi connectivity index (χ3n) is 5.11. The van der Waals surface area contributed by atoms with E-state index in [1.54, 1.807) is 17.0 Å². The summed E-state index contributed by atoms with van der Waals surface area (Å²) in [6.45, 7) is 3.67. The summed E-state index contributed by atoms with van der Waals surface area (Å²) in [6.07, 6.45) is 0.698. The third kappa shape index (κ3) is 4.83. The molecule has 0 spiro atoms. The van der Waals surface area contributed by atoms with Crippen LogP contribution in [0.4, 0.5) is 10.2 Å². The SMILES string of the molecule is CNc1nc(CNCC2(F)CCN(C(=O)c3ccccc3)CC2)ccc1C. The van der Waals surface area contributed by atoms with Gasteiger partial charge in [-0.2, -0.15) is 0 Å². The van der Waals surface area contributed by atoms with E-state index in [1.165, 1.54) is 0 Å². The lowest BCUT2D eigenvalue weighted by Gasteiger charge is -2.36. The number of anilines is 1. The highest BCUT2D eigenvalue weighted by Crippen LogP contribution is 2.27. The lowest BCUT2D eigenvalue weighted by atomic mass is 9.92. The van der Waals surface area contributed by atoms with E-state index >= 15 is 4.39 Å². The van der Waals surface area contributed by atoms with Gasteiger partial charge in [0.1, 0.15) is 11.5 Å². The van der Waals surface area contributed by atoms with E-state index in [9.17, 15) is 4.79 Å². The summed E-state index contributed by atoms with van der Waals surface area (Å²) < 4.78 is 15.1. The van der Waals surface area contributed by atoms with E-state index in [-0.39, 0.29) is 12.5 Å². The fraction of sp³-hybridized carbons (Fsp3) is 0.429. The second-order valence-electron chi connectivity index (χ2n) is 7.13. The molecule has 1 aliphatic rings. The zero-order valence-electron chi connectivity index (χ0n) is 16.0. The minimum absolute atomic E-state index is 0.0194. The highest BCUT2D eigenvalue weighted by molar-refractivity contribution is 5.94. The second-order valence-corrected chi connectivity index (χ2v) is 7.13. The molecule has 3 rings (SSSR count). The van der Waals surface area contributed by atoms with Crippen LogP contribution in [0.3, 0.4) is 0 Å². The van der Waals surface area contributed by atoms with Gasteiger partial charge in [0.25, 0.3) is 5.91 Å². The van der Waals surface area contributed by atoms with Crippen molar-refractivity contribution in [1.82, 2.24) is 15.2 Å². The van der Waals surface area contributed by atoms with Crippen LogP contribution in [-0.2, 0) is 6.54 Å². The molecule has 0 aliphatic carbocycles. The summed E-state index contributed by atoms with van der Waals surface area (Å²) in [4.78, 5) is 18.7. The number of rotatable bonds is 6. The molecule has 6 heteroatoms. The topological polar surface area (TPSA) is 57.3 Å². The highest BCUT2D eigenvalue weighted by Gasteiger charge is 2.35. The van der Waals surface area contributed by atoms with Gasteiger partial charge >= 0.3 is 0 Å². The third-order valence-corrected chi connectivity index (χ3v) is 5.11. The van der Waals surface area contributed by atoms with Gasteiger partial charge in [0, 0.05) is 51.6 Å². The summed E-state index contributed by atoms with van der Waals surface area (Å²) >= 11 is 0. The summed E-state index contributed by atoms with van der Waals surface area (Å²) in [5.41, 5.74) is 1.33. The fourth-order valence-corrected chi connectivity index (χ4v) is 3.39. The number of nitrogens with zero attached hydrogens (tertiary/aromatic N) is 2. The largest absolute Gasteiger partial charge is 0.373 e. The molecule has 2 N–H and O–H groups in total. The highest BCUT2D eigenvalue weighted by atomic mass is 19.1. The number of benzene rings is 1. The fourth-order valence-electron chi connectivity index (χ4n) is 3.39. The minimum atomic E-state index is -1.29. The Morgan fingerprint density at radius 3 is 2.56 bits per heavy atom. The molecule has 0 atom stereocenters. The van der Waals surface area contributed by atoms with Crippen LogP contribution in [0.5, 0.6) is 0 Å². The van der Waals surface area contributed by atoms with Crippen molar-refractivity contribution < 1.29 is 9.18 Å². The molecule has 1 fully saturated rings. The van der Waals surface area contributed by atoms with E-state index < -0.39 is 5.67 Å². The Morgan fingerprint density at radius 2 is 1.89 bits per heavy atom. The molecular weight excluding hydrogens is 343 g/mol. The molecule has 0 bridgehead atoms. The Bertz CT molecular complexity index is 773. The van der Waals surface area contributed by atoms with Crippen molar-refractivity contribution in [2.24, 2.45) is 0 Å². The lowest BCUT2D eigenvalue weighted by molar-refractivity contribution is 0.0434. The Kier molecular flexibility index (Phi) is 6.06. The maximum Gasteiger partial charge on any atom is 0.253 e. The molecule has 5 nitrogen and oxygen atoms in total. The van der Waals surface area contributed by atoms with E-state index in [0.717, 1.165) is 17.1 Å². The van der Waals surface area contributed by atoms with E-state index in [1.807, 2.05) is 44.3 Å². The van der Waals surface area contributed by atoms with E-state index in [4.69, 9.17) is 0 Å². The molecule has 1 amide bonds. The van der Waals surface area contributed by atoms with Crippen LogP contribution in [0.25, 0.3) is 0 Å². The van der Waals surface area contributed by atoms with Gasteiger partial charge in [-0.05, 0) is 30.7 Å². The van der Waals surface area contributed by atoms with Crippen LogP contribution >= 0.6 is 0 Å². The van der Waals surface area contributed by atoms with Gasteiger partial charge in [0.2, 0.25) is 0 Å². The second kappa shape index (κ2) is 8.48. The molecule has 1 aliphatic heterocycles. The number of amides is 1. The number of likely N-dealkylation sites (tertiary alicyclic amines) is 1. The number of pyridine rings is 1. The van der Waals surface area contributed by atoms with Gasteiger partial charge in [-0.25, -0.2) is 9.37 Å². The average Bonchev–Trinajstić information content (AvgIpc) is 2.70. The first-order chi connectivity index (χ1) is 13.0. The van der Waals surface area contributed by atoms with Crippen molar-refractivity contribution >= 4 is 11.7 Å². The smallest absolute Gasteiger partial charge is 0.253 e. The Hall–Kier alpha value is -2.47. The number of aromatic nitrogens is 1. The number of nitrogens with one attached hydrogen (secondary N) is 2. The zero-order chi connectivity index (χ0) is 19.3. The molecule has 2 aromatic rings. The van der Waals surface area contributed by atoms with Crippen molar-refractivity contribution in [3.63, 3.8) is 0 Å². The minimum Gasteiger partial charge on any atom is -0.373 e. The standard InChI is InChI=1S/C21H27FN4O/c1-16-8-9-18(25-19(16)23-2)14-24-15-21(22)10-12-26(13-11-21)20(27)17-6-4-3-5-7-17/h3-9,24H,10-15H2,1-2H3,(H,23,25). The number of halogens is 1. The van der Waals surface area contributed by atoms with Crippen molar-refractivity contribution in [3.8, 4) is 0 Å². The first-order valence-electron chi connectivity index (χ1n) is 9.39. The summed E-state index contributed by atoms with van der Waals surface area (Å²) in [5, 5.41) is 6.25. The molecule has 0 unspecified atom stereocenters. The predicted octanol–water partition coefficient (Wildman–Crippen LogP) is 3.17. The van der Waals surface area contributed by atoms with Crippen LogP contribution in [0, 0.1) is 6.92 Å². The molecule has 2 heterocycles. The van der Waals surface area contributed by atoms with Crippen LogP contribution in [0.1, 0.15) is 34.5 Å². The number of carbonyl (C=O) groups excluding carboxylic acids is 1. The van der Waals surface area contributed by atoms with E-state index in [0.29, 0.717) is 38.0 Å². The molecule has 1 aromatic heterocycles. The summed E-state index contributed by atoms with van der Waals surface area (Å²) in [7, 11) is 1.84. The predicted molar refractivity (Wildman–Crippen MR) is 106 cm³/mol. The van der Waals surface area contributed by atoms with Gasteiger partial charge in [-0.1, -0.05) is 24.3 Å². The van der Waals surface area contributed by atoms with Gasteiger partial charge < -0.3 is 15.5 Å². The number of hydrogen-bond acceptors (Lipinski definition) is 4. The summed E-state index contributed by atoms with van der Waals surface area (Å²) in [5.74, 6) is 0.825. The average molecular weight is 370 g/mol. The Labute approximate surface area is 160 Å². The number of aryl methyl sites for hydroxylation is 1. The number of piperidine rings is 1. The molecular formula is C21H27FN4O. The monoisotopic (exact) mass is 370 g/mol. The molecule has 1 aromatic carbocycles. The Morgan fingerprint density at radius 1 is 1.19 bits per heavy atom. The quantitative estimate of drug-likeness (QED) is 0.820. The lowest BCUT2D eigenvalue weighted by Crippen LogP contribution is -2.48. The zero-order valence-corrected chi connectivity index (χ0v) is 16.0. The van der Waals surface area contributed by atoms with Crippen LogP contribution in [0.2, 0.25) is 0 Å². The molecule has 27 heavy (non-hydrogen) atoms. The molecule has 0 saturated carbocycles. The first kappa shape index (κ1) is 19.3. The van der Waals surface area contributed by atoms with Crippen molar-refractivity contribution in [2.45, 2.75) is 32.0 Å². The van der Waals surface area contributed by atoms with Gasteiger partial charge in [0.15, 0.2) is 0 Å². The van der Waals surface area contributed by atoms with Gasteiger partial charge in [-0.15, -0.1) is 0 Å². The van der Waals surface area contributed by atoms with Crippen molar-refractivity contribution in [2.75, 3.05) is 32.0 Å². The number of alkyl halides is 1. The molecule has 0 radical (unpaired) electrons. The van der Waals surface area contributed by atoms with Crippen molar-refractivity contribution in [3.05, 3.63) is 59.3 Å². The maximum absolute atomic E-state index is 15.1. The number of carbonyl (C=O) groups is 1. The van der Waals surface area contributed by atoms with Crippen LogP contribution in [0.15, 0.2) is 42.5 Å². The van der Waals surface area contributed by atoms with E-state index in [2.05, 4.69) is 15.6 Å². The van der Waals surface area contributed by atoms with Crippen molar-refractivity contribution in [1.29, 1.82) is 0 Å². The first-order valence-corrected chi connectivity index (χ1v) is 9.39.